The van der Waals surface area contributed by atoms with Crippen LogP contribution in [0.1, 0.15) is 67.2 Å². The summed E-state index contributed by atoms with van der Waals surface area (Å²) in [5, 5.41) is 5.06. The highest BCUT2D eigenvalue weighted by Crippen LogP contribution is 2.56. The average molecular weight is 1010 g/mol. The third kappa shape index (κ3) is 7.92. The number of nitrogens with zero attached hydrogens (tertiary/aromatic N) is 2. The average Bonchev–Trinajstić information content (AvgIpc) is 4.23. The predicted molar refractivity (Wildman–Crippen MR) is 334 cm³/mol. The van der Waals surface area contributed by atoms with E-state index in [1.807, 2.05) is 0 Å². The highest BCUT2D eigenvalue weighted by molar-refractivity contribution is 6.21. The van der Waals surface area contributed by atoms with E-state index in [0.29, 0.717) is 17.9 Å². The summed E-state index contributed by atoms with van der Waals surface area (Å²) in [6, 6.07) is 102. The lowest BCUT2D eigenvalue weighted by atomic mass is 9.73. The Morgan fingerprint density at radius 1 is 0.380 bits per heavy atom. The molecule has 0 N–H and O–H groups in total. The fraction of sp³-hybridized carbons (Fsp3) is 0.117. The van der Waals surface area contributed by atoms with Gasteiger partial charge in [-0.05, 0) is 197 Å². The standard InChI is InChI=1S/C77H60N2/c1-77(2)71-49-58(76-67-32-17-15-30-65(67)75(66-31-16-18-33-68(66)76)57-27-19-26-54(46-57)51-20-7-3-8-21-51)34-42-63(71)64-43-41-62(50-72(64)77)78(59-28-13-6-14-29-59)60-37-39-61(40-38-60)79-73-44-35-55(52-22-9-4-10-23-52)47-69(73)70-48-56(36-45-74(70)79)53-24-11-5-12-25-53/h3-35,37-44,46-47,49-50,56,70,74H,36,45,48H2,1-2H3. The summed E-state index contributed by atoms with van der Waals surface area (Å²) < 4.78 is 0. The van der Waals surface area contributed by atoms with Crippen LogP contribution >= 0.6 is 0 Å². The highest BCUT2D eigenvalue weighted by Gasteiger charge is 2.44. The predicted octanol–water partition coefficient (Wildman–Crippen LogP) is 21.0. The lowest BCUT2D eigenvalue weighted by Crippen LogP contribution is -2.34. The summed E-state index contributed by atoms with van der Waals surface area (Å²) >= 11 is 0. The molecule has 3 aliphatic rings. The first-order chi connectivity index (χ1) is 38.9. The van der Waals surface area contributed by atoms with Crippen LogP contribution in [0.2, 0.25) is 0 Å². The van der Waals surface area contributed by atoms with Crippen LogP contribution in [0.15, 0.2) is 273 Å². The van der Waals surface area contributed by atoms with Crippen LogP contribution in [0.4, 0.5) is 28.4 Å². The molecule has 12 aromatic rings. The minimum Gasteiger partial charge on any atom is -0.338 e. The van der Waals surface area contributed by atoms with Crippen molar-refractivity contribution >= 4 is 50.0 Å². The molecule has 0 amide bonds. The van der Waals surface area contributed by atoms with Gasteiger partial charge in [0.05, 0.1) is 0 Å². The molecule has 0 saturated heterocycles. The molecule has 3 unspecified atom stereocenters. The highest BCUT2D eigenvalue weighted by atomic mass is 15.2. The Kier molecular flexibility index (Phi) is 11.3. The fourth-order valence-corrected chi connectivity index (χ4v) is 14.3. The van der Waals surface area contributed by atoms with Crippen LogP contribution in [0.25, 0.3) is 77.2 Å². The molecule has 378 valence electrons. The van der Waals surface area contributed by atoms with Crippen molar-refractivity contribution in [2.24, 2.45) is 0 Å². The first kappa shape index (κ1) is 47.0. The van der Waals surface area contributed by atoms with E-state index < -0.39 is 0 Å². The molecular formula is C77H60N2. The van der Waals surface area contributed by atoms with E-state index >= 15 is 0 Å². The summed E-state index contributed by atoms with van der Waals surface area (Å²) in [4.78, 5) is 5.13. The van der Waals surface area contributed by atoms with E-state index in [-0.39, 0.29) is 5.41 Å². The monoisotopic (exact) mass is 1010 g/mol. The Labute approximate surface area is 464 Å². The molecule has 79 heavy (non-hydrogen) atoms. The number of anilines is 5. The summed E-state index contributed by atoms with van der Waals surface area (Å²) in [7, 11) is 0. The number of benzene rings is 12. The molecule has 0 radical (unpaired) electrons. The zero-order valence-corrected chi connectivity index (χ0v) is 44.7. The van der Waals surface area contributed by atoms with E-state index in [9.17, 15) is 0 Å². The maximum absolute atomic E-state index is 2.68. The normalized spacial score (nSPS) is 16.8. The second kappa shape index (κ2) is 19.0. The molecule has 1 aliphatic heterocycles. The first-order valence-electron chi connectivity index (χ1n) is 28.3. The number of hydrogen-bond donors (Lipinski definition) is 0. The van der Waals surface area contributed by atoms with E-state index in [0.717, 1.165) is 29.9 Å². The van der Waals surface area contributed by atoms with E-state index in [1.54, 1.807) is 0 Å². The van der Waals surface area contributed by atoms with Gasteiger partial charge in [-0.25, -0.2) is 0 Å². The Bertz CT molecular complexity index is 4200. The van der Waals surface area contributed by atoms with Gasteiger partial charge in [-0.2, -0.15) is 0 Å². The maximum Gasteiger partial charge on any atom is 0.0465 e. The van der Waals surface area contributed by atoms with Crippen molar-refractivity contribution in [3.8, 4) is 55.6 Å². The number of rotatable bonds is 9. The van der Waals surface area contributed by atoms with E-state index in [2.05, 4.69) is 297 Å². The van der Waals surface area contributed by atoms with Crippen molar-refractivity contribution in [2.45, 2.75) is 56.4 Å². The van der Waals surface area contributed by atoms with Gasteiger partial charge in [0.15, 0.2) is 0 Å². The zero-order valence-electron chi connectivity index (χ0n) is 44.7. The summed E-state index contributed by atoms with van der Waals surface area (Å²) in [5.74, 6) is 0.999. The molecule has 1 saturated carbocycles. The molecule has 2 aliphatic carbocycles. The summed E-state index contributed by atoms with van der Waals surface area (Å²) in [5.41, 5.74) is 24.1. The van der Waals surface area contributed by atoms with Crippen molar-refractivity contribution in [2.75, 3.05) is 9.80 Å². The fourth-order valence-electron chi connectivity index (χ4n) is 14.3. The lowest BCUT2D eigenvalue weighted by molar-refractivity contribution is 0.361. The van der Waals surface area contributed by atoms with Crippen molar-refractivity contribution in [3.63, 3.8) is 0 Å². The van der Waals surface area contributed by atoms with Gasteiger partial charge >= 0.3 is 0 Å². The van der Waals surface area contributed by atoms with Gasteiger partial charge in [0.25, 0.3) is 0 Å². The summed E-state index contributed by atoms with van der Waals surface area (Å²) in [6.45, 7) is 4.84. The van der Waals surface area contributed by atoms with Crippen molar-refractivity contribution in [1.29, 1.82) is 0 Å². The first-order valence-corrected chi connectivity index (χ1v) is 28.3. The van der Waals surface area contributed by atoms with Gasteiger partial charge in [0.1, 0.15) is 0 Å². The minimum absolute atomic E-state index is 0.258. The van der Waals surface area contributed by atoms with Gasteiger partial charge in [0, 0.05) is 45.8 Å². The molecule has 15 rings (SSSR count). The topological polar surface area (TPSA) is 6.48 Å². The molecule has 3 atom stereocenters. The van der Waals surface area contributed by atoms with Crippen LogP contribution in [0, 0.1) is 0 Å². The van der Waals surface area contributed by atoms with Gasteiger partial charge in [0.2, 0.25) is 0 Å². The molecule has 0 bridgehead atoms. The quantitative estimate of drug-likeness (QED) is 0.133. The number of fused-ring (bicyclic) bond motifs is 8. The molecule has 0 aromatic heterocycles. The molecular weight excluding hydrogens is 953 g/mol. The Hall–Kier alpha value is -9.24. The summed E-state index contributed by atoms with van der Waals surface area (Å²) in [6.07, 6.45) is 3.49. The van der Waals surface area contributed by atoms with E-state index in [1.165, 1.54) is 117 Å². The van der Waals surface area contributed by atoms with Gasteiger partial charge in [-0.3, -0.25) is 0 Å². The van der Waals surface area contributed by atoms with Crippen molar-refractivity contribution < 1.29 is 0 Å². The molecule has 1 heterocycles. The van der Waals surface area contributed by atoms with Crippen LogP contribution in [-0.4, -0.2) is 6.04 Å². The van der Waals surface area contributed by atoms with Gasteiger partial charge < -0.3 is 9.80 Å². The largest absolute Gasteiger partial charge is 0.338 e. The molecule has 2 heteroatoms. The van der Waals surface area contributed by atoms with Crippen LogP contribution in [0.3, 0.4) is 0 Å². The van der Waals surface area contributed by atoms with Gasteiger partial charge in [-0.1, -0.05) is 214 Å². The van der Waals surface area contributed by atoms with Crippen molar-refractivity contribution in [1.82, 2.24) is 0 Å². The van der Waals surface area contributed by atoms with Crippen molar-refractivity contribution in [3.05, 3.63) is 295 Å². The molecule has 2 nitrogen and oxygen atoms in total. The second-order valence-electron chi connectivity index (χ2n) is 22.7. The Morgan fingerprint density at radius 2 is 0.861 bits per heavy atom. The second-order valence-corrected chi connectivity index (χ2v) is 22.7. The van der Waals surface area contributed by atoms with Crippen LogP contribution < -0.4 is 9.80 Å². The smallest absolute Gasteiger partial charge is 0.0465 e. The maximum atomic E-state index is 2.68. The lowest BCUT2D eigenvalue weighted by Gasteiger charge is -2.37. The molecule has 12 aromatic carbocycles. The minimum atomic E-state index is -0.258. The molecule has 1 fully saturated rings. The number of hydrogen-bond acceptors (Lipinski definition) is 2. The third-order valence-electron chi connectivity index (χ3n) is 18.0. The van der Waals surface area contributed by atoms with Crippen LogP contribution in [0.5, 0.6) is 0 Å². The van der Waals surface area contributed by atoms with E-state index in [4.69, 9.17) is 0 Å². The van der Waals surface area contributed by atoms with Crippen LogP contribution in [-0.2, 0) is 5.41 Å². The Morgan fingerprint density at radius 3 is 1.49 bits per heavy atom. The third-order valence-corrected chi connectivity index (χ3v) is 18.0. The zero-order chi connectivity index (χ0) is 52.6. The number of para-hydroxylation sites is 1. The molecule has 0 spiro atoms. The van der Waals surface area contributed by atoms with Gasteiger partial charge in [-0.15, -0.1) is 0 Å². The Balaban J connectivity index is 0.786. The SMILES string of the molecule is CC1(C)c2cc(-c3c4ccccc4c(-c4cccc(-c5ccccc5)c4)c4ccccc34)ccc2-c2ccc(N(c3ccccc3)c3ccc(N4c5ccc(-c6ccccc6)cc5C5CC(c6ccccc6)CCC54)cc3)cc21.